The van der Waals surface area contributed by atoms with Crippen LogP contribution in [0.25, 0.3) is 0 Å². The minimum absolute atomic E-state index is 0.0710. The summed E-state index contributed by atoms with van der Waals surface area (Å²) in [5.74, 6) is -1.03. The maximum atomic E-state index is 12.2. The van der Waals surface area contributed by atoms with Crippen LogP contribution < -0.4 is 16.0 Å². The summed E-state index contributed by atoms with van der Waals surface area (Å²) in [5, 5.41) is 8.04. The number of benzene rings is 2. The predicted molar refractivity (Wildman–Crippen MR) is 109 cm³/mol. The maximum Gasteiger partial charge on any atom is 0.328 e. The van der Waals surface area contributed by atoms with E-state index in [4.69, 9.17) is 4.74 Å². The van der Waals surface area contributed by atoms with Crippen LogP contribution in [0.4, 0.5) is 10.5 Å². The molecule has 0 bridgehead atoms. The van der Waals surface area contributed by atoms with Gasteiger partial charge in [-0.25, -0.2) is 9.59 Å². The second-order valence-electron chi connectivity index (χ2n) is 7.01. The first-order valence-corrected chi connectivity index (χ1v) is 9.69. The van der Waals surface area contributed by atoms with Crippen LogP contribution in [-0.4, -0.2) is 30.6 Å². The average molecular weight is 395 g/mol. The minimum Gasteiger partial charge on any atom is -0.454 e. The number of ether oxygens (including phenoxy) is 1. The highest BCUT2D eigenvalue weighted by Gasteiger charge is 2.23. The van der Waals surface area contributed by atoms with Gasteiger partial charge in [-0.1, -0.05) is 42.5 Å². The number of rotatable bonds is 6. The van der Waals surface area contributed by atoms with Crippen molar-refractivity contribution in [3.63, 3.8) is 0 Å². The Kier molecular flexibility index (Phi) is 6.84. The van der Waals surface area contributed by atoms with Crippen molar-refractivity contribution in [2.24, 2.45) is 0 Å². The number of anilines is 1. The van der Waals surface area contributed by atoms with Crippen LogP contribution in [0.15, 0.2) is 54.6 Å². The molecule has 7 nitrogen and oxygen atoms in total. The summed E-state index contributed by atoms with van der Waals surface area (Å²) >= 11 is 0. The quantitative estimate of drug-likeness (QED) is 0.655. The Balaban J connectivity index is 1.43. The Hall–Kier alpha value is -3.35. The molecule has 0 saturated heterocycles. The van der Waals surface area contributed by atoms with E-state index in [1.54, 1.807) is 24.3 Å². The van der Waals surface area contributed by atoms with Crippen molar-refractivity contribution >= 4 is 23.6 Å². The van der Waals surface area contributed by atoms with Crippen LogP contribution >= 0.6 is 0 Å². The van der Waals surface area contributed by atoms with Crippen molar-refractivity contribution in [2.45, 2.75) is 38.3 Å². The number of hydrogen-bond donors (Lipinski definition) is 3. The highest BCUT2D eigenvalue weighted by Crippen LogP contribution is 2.29. The summed E-state index contributed by atoms with van der Waals surface area (Å²) in [6, 6.07) is 15.4. The number of carbonyl (C=O) groups is 3. The van der Waals surface area contributed by atoms with Crippen molar-refractivity contribution in [2.75, 3.05) is 11.9 Å². The zero-order valence-corrected chi connectivity index (χ0v) is 16.3. The van der Waals surface area contributed by atoms with Gasteiger partial charge >= 0.3 is 12.0 Å². The molecule has 2 atom stereocenters. The number of para-hydroxylation sites is 1. The van der Waals surface area contributed by atoms with Gasteiger partial charge < -0.3 is 20.7 Å². The third-order valence-electron chi connectivity index (χ3n) is 4.78. The van der Waals surface area contributed by atoms with E-state index in [0.29, 0.717) is 5.69 Å². The molecule has 0 aliphatic heterocycles. The number of esters is 1. The van der Waals surface area contributed by atoms with E-state index < -0.39 is 18.0 Å². The van der Waals surface area contributed by atoms with E-state index in [0.717, 1.165) is 24.8 Å². The van der Waals surface area contributed by atoms with Gasteiger partial charge in [-0.2, -0.15) is 0 Å². The largest absolute Gasteiger partial charge is 0.454 e. The molecule has 0 fully saturated rings. The molecule has 152 valence electrons. The molecule has 0 unspecified atom stereocenters. The second kappa shape index (κ2) is 9.73. The first-order chi connectivity index (χ1) is 14.0. The number of carbonyl (C=O) groups excluding carboxylic acids is 3. The smallest absolute Gasteiger partial charge is 0.328 e. The Morgan fingerprint density at radius 1 is 1.07 bits per heavy atom. The first-order valence-electron chi connectivity index (χ1n) is 9.69. The normalized spacial score (nSPS) is 16.1. The standard InChI is InChI=1S/C22H25N3O4/c1-15(23-22(28)24-17-10-3-2-4-11-17)21(27)29-14-20(26)25-19-13-7-9-16-8-5-6-12-18(16)19/h2-6,8,10-12,15,19H,7,9,13-14H2,1H3,(H,25,26)(H2,23,24,28)/t15-,19+/m0/s1. The molecule has 0 spiro atoms. The fraction of sp³-hybridized carbons (Fsp3) is 0.318. The van der Waals surface area contributed by atoms with Crippen LogP contribution in [0.3, 0.4) is 0 Å². The van der Waals surface area contributed by atoms with Gasteiger partial charge in [0.25, 0.3) is 5.91 Å². The van der Waals surface area contributed by atoms with E-state index in [2.05, 4.69) is 22.0 Å². The highest BCUT2D eigenvalue weighted by molar-refractivity contribution is 5.92. The Bertz CT molecular complexity index is 869. The number of amides is 3. The lowest BCUT2D eigenvalue weighted by Gasteiger charge is -2.26. The molecule has 1 aliphatic rings. The third-order valence-corrected chi connectivity index (χ3v) is 4.78. The SMILES string of the molecule is C[C@H](NC(=O)Nc1ccccc1)C(=O)OCC(=O)N[C@@H]1CCCc2ccccc21. The zero-order chi connectivity index (χ0) is 20.6. The van der Waals surface area contributed by atoms with Crippen molar-refractivity contribution in [1.29, 1.82) is 0 Å². The van der Waals surface area contributed by atoms with Gasteiger partial charge in [0, 0.05) is 5.69 Å². The van der Waals surface area contributed by atoms with E-state index in [1.165, 1.54) is 12.5 Å². The number of nitrogens with one attached hydrogen (secondary N) is 3. The van der Waals surface area contributed by atoms with Crippen molar-refractivity contribution < 1.29 is 19.1 Å². The van der Waals surface area contributed by atoms with Gasteiger partial charge in [0.1, 0.15) is 6.04 Å². The lowest BCUT2D eigenvalue weighted by Crippen LogP contribution is -2.43. The van der Waals surface area contributed by atoms with Gasteiger partial charge in [-0.05, 0) is 49.4 Å². The maximum absolute atomic E-state index is 12.2. The van der Waals surface area contributed by atoms with E-state index in [-0.39, 0.29) is 18.6 Å². The fourth-order valence-corrected chi connectivity index (χ4v) is 3.35. The number of fused-ring (bicyclic) bond motifs is 1. The number of hydrogen-bond acceptors (Lipinski definition) is 4. The van der Waals surface area contributed by atoms with Gasteiger partial charge in [-0.3, -0.25) is 4.79 Å². The highest BCUT2D eigenvalue weighted by atomic mass is 16.5. The van der Waals surface area contributed by atoms with Gasteiger partial charge in [-0.15, -0.1) is 0 Å². The molecule has 2 aromatic carbocycles. The molecule has 0 saturated carbocycles. The first kappa shape index (κ1) is 20.4. The van der Waals surface area contributed by atoms with E-state index in [9.17, 15) is 14.4 Å². The summed E-state index contributed by atoms with van der Waals surface area (Å²) in [6.07, 6.45) is 2.86. The lowest BCUT2D eigenvalue weighted by atomic mass is 9.88. The predicted octanol–water partition coefficient (Wildman–Crippen LogP) is 2.93. The Morgan fingerprint density at radius 2 is 1.79 bits per heavy atom. The third kappa shape index (κ3) is 5.81. The van der Waals surface area contributed by atoms with Crippen LogP contribution in [0.1, 0.15) is 36.9 Å². The van der Waals surface area contributed by atoms with Crippen LogP contribution in [0, 0.1) is 0 Å². The van der Waals surface area contributed by atoms with Crippen LogP contribution in [0.5, 0.6) is 0 Å². The minimum atomic E-state index is -0.887. The molecule has 29 heavy (non-hydrogen) atoms. The molecule has 1 aliphatic carbocycles. The van der Waals surface area contributed by atoms with Crippen molar-refractivity contribution in [3.8, 4) is 0 Å². The van der Waals surface area contributed by atoms with Crippen molar-refractivity contribution in [3.05, 3.63) is 65.7 Å². The Morgan fingerprint density at radius 3 is 2.59 bits per heavy atom. The van der Waals surface area contributed by atoms with Gasteiger partial charge in [0.15, 0.2) is 6.61 Å². The number of aryl methyl sites for hydroxylation is 1. The monoisotopic (exact) mass is 395 g/mol. The average Bonchev–Trinajstić information content (AvgIpc) is 2.73. The summed E-state index contributed by atoms with van der Waals surface area (Å²) < 4.78 is 5.05. The molecule has 0 heterocycles. The van der Waals surface area contributed by atoms with Crippen LogP contribution in [0.2, 0.25) is 0 Å². The molecule has 2 aromatic rings. The molecular formula is C22H25N3O4. The summed E-state index contributed by atoms with van der Waals surface area (Å²) in [7, 11) is 0. The molecular weight excluding hydrogens is 370 g/mol. The van der Waals surface area contributed by atoms with Gasteiger partial charge in [0.2, 0.25) is 0 Å². The molecule has 7 heteroatoms. The summed E-state index contributed by atoms with van der Waals surface area (Å²) in [4.78, 5) is 36.2. The van der Waals surface area contributed by atoms with Crippen molar-refractivity contribution in [1.82, 2.24) is 10.6 Å². The molecule has 3 rings (SSSR count). The van der Waals surface area contributed by atoms with E-state index in [1.807, 2.05) is 24.3 Å². The lowest BCUT2D eigenvalue weighted by molar-refractivity contribution is -0.150. The number of urea groups is 1. The topological polar surface area (TPSA) is 96.5 Å². The molecule has 3 N–H and O–H groups in total. The molecule has 0 radical (unpaired) electrons. The van der Waals surface area contributed by atoms with E-state index >= 15 is 0 Å². The fourth-order valence-electron chi connectivity index (χ4n) is 3.35. The zero-order valence-electron chi connectivity index (χ0n) is 16.3. The summed E-state index contributed by atoms with van der Waals surface area (Å²) in [6.45, 7) is 1.12. The van der Waals surface area contributed by atoms with Crippen LogP contribution in [-0.2, 0) is 20.7 Å². The molecule has 3 amide bonds. The summed E-state index contributed by atoms with van der Waals surface area (Å²) in [5.41, 5.74) is 2.96. The van der Waals surface area contributed by atoms with Gasteiger partial charge in [0.05, 0.1) is 6.04 Å². The Labute approximate surface area is 169 Å². The second-order valence-corrected chi connectivity index (χ2v) is 7.01. The molecule has 0 aromatic heterocycles.